The number of hydrogen-bond donors (Lipinski definition) is 1. The van der Waals surface area contributed by atoms with Gasteiger partial charge in [0.2, 0.25) is 10.0 Å². The highest BCUT2D eigenvalue weighted by Crippen LogP contribution is 2.34. The zero-order valence-corrected chi connectivity index (χ0v) is 15.9. The number of ether oxygens (including phenoxy) is 2. The Hall–Kier alpha value is -2.19. The Morgan fingerprint density at radius 2 is 1.67 bits per heavy atom. The highest BCUT2D eigenvalue weighted by Gasteiger charge is 2.26. The molecule has 0 aliphatic carbocycles. The number of rotatable bonds is 5. The zero-order valence-electron chi connectivity index (χ0n) is 15.0. The Morgan fingerprint density at radius 3 is 2.33 bits per heavy atom. The van der Waals surface area contributed by atoms with Crippen molar-refractivity contribution in [3.05, 3.63) is 53.6 Å². The van der Waals surface area contributed by atoms with Crippen LogP contribution in [0, 0.1) is 17.6 Å². The summed E-state index contributed by atoms with van der Waals surface area (Å²) in [6, 6.07) is 7.18. The first kappa shape index (κ1) is 19.6. The van der Waals surface area contributed by atoms with Gasteiger partial charge in [-0.1, -0.05) is 19.9 Å². The molecule has 1 heterocycles. The number of nitrogens with one attached hydrogen (secondary N) is 1. The standard InChI is InChI=1S/C19H21F2NO4S/c1-12(2)19(13-4-7-17-18(10-13)26-9-3-8-25-17)22-27(23,24)14-5-6-15(20)16(21)11-14/h4-7,10-12,19,22H,3,8-9H2,1-2H3/t19-/m1/s1. The van der Waals surface area contributed by atoms with E-state index in [2.05, 4.69) is 4.72 Å². The molecule has 0 bridgehead atoms. The first-order chi connectivity index (χ1) is 12.8. The van der Waals surface area contributed by atoms with Crippen LogP contribution >= 0.6 is 0 Å². The molecule has 0 aromatic heterocycles. The topological polar surface area (TPSA) is 64.6 Å². The summed E-state index contributed by atoms with van der Waals surface area (Å²) < 4.78 is 65.8. The third kappa shape index (κ3) is 4.39. The monoisotopic (exact) mass is 397 g/mol. The Bertz CT molecular complexity index is 931. The van der Waals surface area contributed by atoms with E-state index in [-0.39, 0.29) is 10.8 Å². The van der Waals surface area contributed by atoms with Crippen LogP contribution in [0.4, 0.5) is 8.78 Å². The summed E-state index contributed by atoms with van der Waals surface area (Å²) in [6.45, 7) is 4.80. The van der Waals surface area contributed by atoms with Crippen molar-refractivity contribution >= 4 is 10.0 Å². The van der Waals surface area contributed by atoms with E-state index in [9.17, 15) is 17.2 Å². The van der Waals surface area contributed by atoms with Crippen molar-refractivity contribution in [2.75, 3.05) is 13.2 Å². The minimum atomic E-state index is -4.05. The molecule has 146 valence electrons. The quantitative estimate of drug-likeness (QED) is 0.834. The number of sulfonamides is 1. The van der Waals surface area contributed by atoms with E-state index in [0.717, 1.165) is 18.6 Å². The van der Waals surface area contributed by atoms with Gasteiger partial charge in [-0.15, -0.1) is 0 Å². The predicted molar refractivity (Wildman–Crippen MR) is 96.3 cm³/mol. The fraction of sp³-hybridized carbons (Fsp3) is 0.368. The molecule has 2 aromatic rings. The van der Waals surface area contributed by atoms with Crippen molar-refractivity contribution in [2.24, 2.45) is 5.92 Å². The number of halogens is 2. The molecule has 1 N–H and O–H groups in total. The minimum Gasteiger partial charge on any atom is -0.490 e. The summed E-state index contributed by atoms with van der Waals surface area (Å²) in [5.74, 6) is -1.24. The molecule has 0 fully saturated rings. The van der Waals surface area contributed by atoms with Gasteiger partial charge < -0.3 is 9.47 Å². The molecule has 0 saturated carbocycles. The van der Waals surface area contributed by atoms with Gasteiger partial charge in [-0.3, -0.25) is 0 Å². The maximum Gasteiger partial charge on any atom is 0.241 e. The van der Waals surface area contributed by atoms with Crippen LogP contribution in [0.1, 0.15) is 31.9 Å². The van der Waals surface area contributed by atoms with E-state index in [1.165, 1.54) is 0 Å². The molecule has 1 aliphatic heterocycles. The molecule has 0 spiro atoms. The second kappa shape index (κ2) is 7.82. The lowest BCUT2D eigenvalue weighted by atomic mass is 9.97. The molecule has 0 radical (unpaired) electrons. The normalized spacial score (nSPS) is 15.4. The average molecular weight is 397 g/mol. The molecule has 3 rings (SSSR count). The van der Waals surface area contributed by atoms with Crippen LogP contribution in [0.15, 0.2) is 41.3 Å². The van der Waals surface area contributed by atoms with E-state index in [1.54, 1.807) is 18.2 Å². The molecular weight excluding hydrogens is 376 g/mol. The maximum atomic E-state index is 13.5. The Balaban J connectivity index is 1.92. The van der Waals surface area contributed by atoms with Crippen molar-refractivity contribution in [2.45, 2.75) is 31.2 Å². The van der Waals surface area contributed by atoms with Gasteiger partial charge in [0.15, 0.2) is 23.1 Å². The van der Waals surface area contributed by atoms with E-state index in [4.69, 9.17) is 9.47 Å². The van der Waals surface area contributed by atoms with Crippen LogP contribution in [0.5, 0.6) is 11.5 Å². The summed E-state index contributed by atoms with van der Waals surface area (Å²) in [7, 11) is -4.05. The zero-order chi connectivity index (χ0) is 19.6. The Kier molecular flexibility index (Phi) is 5.67. The molecule has 1 aliphatic rings. The molecule has 27 heavy (non-hydrogen) atoms. The van der Waals surface area contributed by atoms with E-state index in [1.807, 2.05) is 13.8 Å². The molecule has 2 aromatic carbocycles. The first-order valence-electron chi connectivity index (χ1n) is 8.65. The van der Waals surface area contributed by atoms with Gasteiger partial charge in [0.25, 0.3) is 0 Å². The predicted octanol–water partition coefficient (Wildman–Crippen LogP) is 3.80. The second-order valence-corrected chi connectivity index (χ2v) is 8.39. The summed E-state index contributed by atoms with van der Waals surface area (Å²) >= 11 is 0. The van der Waals surface area contributed by atoms with Gasteiger partial charge in [0.1, 0.15) is 0 Å². The van der Waals surface area contributed by atoms with Gasteiger partial charge in [-0.05, 0) is 41.8 Å². The van der Waals surface area contributed by atoms with Crippen LogP contribution in [0.3, 0.4) is 0 Å². The van der Waals surface area contributed by atoms with Crippen LogP contribution < -0.4 is 14.2 Å². The summed E-state index contributed by atoms with van der Waals surface area (Å²) in [6.07, 6.45) is 0.764. The molecule has 0 unspecified atom stereocenters. The third-order valence-corrected chi connectivity index (χ3v) is 5.72. The first-order valence-corrected chi connectivity index (χ1v) is 10.1. The number of fused-ring (bicyclic) bond motifs is 1. The summed E-state index contributed by atoms with van der Waals surface area (Å²) in [5.41, 5.74) is 0.695. The highest BCUT2D eigenvalue weighted by atomic mass is 32.2. The Morgan fingerprint density at radius 1 is 0.963 bits per heavy atom. The second-order valence-electron chi connectivity index (χ2n) is 6.68. The molecule has 0 saturated heterocycles. The lowest BCUT2D eigenvalue weighted by molar-refractivity contribution is 0.297. The largest absolute Gasteiger partial charge is 0.490 e. The SMILES string of the molecule is CC(C)[C@@H](NS(=O)(=O)c1ccc(F)c(F)c1)c1ccc2c(c1)OCCCO2. The molecule has 8 heteroatoms. The highest BCUT2D eigenvalue weighted by molar-refractivity contribution is 7.89. The lowest BCUT2D eigenvalue weighted by Crippen LogP contribution is -2.32. The van der Waals surface area contributed by atoms with Crippen molar-refractivity contribution in [3.63, 3.8) is 0 Å². The molecule has 1 atom stereocenters. The van der Waals surface area contributed by atoms with Gasteiger partial charge in [-0.2, -0.15) is 0 Å². The van der Waals surface area contributed by atoms with Crippen LogP contribution in [0.2, 0.25) is 0 Å². The summed E-state index contributed by atoms with van der Waals surface area (Å²) in [4.78, 5) is -0.332. The molecule has 0 amide bonds. The van der Waals surface area contributed by atoms with E-state index in [0.29, 0.717) is 36.3 Å². The Labute approximate surface area is 157 Å². The van der Waals surface area contributed by atoms with Crippen molar-refractivity contribution in [1.82, 2.24) is 4.72 Å². The van der Waals surface area contributed by atoms with Gasteiger partial charge in [-0.25, -0.2) is 21.9 Å². The smallest absolute Gasteiger partial charge is 0.241 e. The third-order valence-electron chi connectivity index (χ3n) is 4.28. The van der Waals surface area contributed by atoms with E-state index >= 15 is 0 Å². The van der Waals surface area contributed by atoms with Crippen molar-refractivity contribution in [3.8, 4) is 11.5 Å². The average Bonchev–Trinajstić information content (AvgIpc) is 2.86. The fourth-order valence-corrected chi connectivity index (χ4v) is 4.23. The van der Waals surface area contributed by atoms with Gasteiger partial charge in [0, 0.05) is 12.5 Å². The van der Waals surface area contributed by atoms with Crippen molar-refractivity contribution in [1.29, 1.82) is 0 Å². The van der Waals surface area contributed by atoms with Crippen LogP contribution in [0.25, 0.3) is 0 Å². The van der Waals surface area contributed by atoms with Crippen molar-refractivity contribution < 1.29 is 26.7 Å². The number of benzene rings is 2. The fourth-order valence-electron chi connectivity index (χ4n) is 2.84. The molecule has 5 nitrogen and oxygen atoms in total. The maximum absolute atomic E-state index is 13.5. The summed E-state index contributed by atoms with van der Waals surface area (Å²) in [5, 5.41) is 0. The lowest BCUT2D eigenvalue weighted by Gasteiger charge is -2.23. The van der Waals surface area contributed by atoms with Gasteiger partial charge >= 0.3 is 0 Å². The van der Waals surface area contributed by atoms with Gasteiger partial charge in [0.05, 0.1) is 18.1 Å². The molecular formula is C19H21F2NO4S. The van der Waals surface area contributed by atoms with Crippen LogP contribution in [-0.4, -0.2) is 21.6 Å². The van der Waals surface area contributed by atoms with E-state index < -0.39 is 27.7 Å². The van der Waals surface area contributed by atoms with Crippen LogP contribution in [-0.2, 0) is 10.0 Å². The number of hydrogen-bond acceptors (Lipinski definition) is 4. The minimum absolute atomic E-state index is 0.102.